The molecule has 2 N–H and O–H groups in total. The number of carbonyl (C=O) groups is 1. The lowest BCUT2D eigenvalue weighted by molar-refractivity contribution is 0.0503. The van der Waals surface area contributed by atoms with Crippen LogP contribution in [0.3, 0.4) is 0 Å². The molecule has 0 spiro atoms. The number of nitriles is 1. The van der Waals surface area contributed by atoms with Gasteiger partial charge in [-0.2, -0.15) is 5.26 Å². The molecule has 3 rings (SSSR count). The van der Waals surface area contributed by atoms with E-state index in [0.717, 1.165) is 9.09 Å². The number of imidazole rings is 1. The Morgan fingerprint density at radius 1 is 1.24 bits per heavy atom. The number of allylic oxidation sites excluding steroid dienone is 1. The van der Waals surface area contributed by atoms with Crippen LogP contribution >= 0.6 is 22.6 Å². The maximum absolute atomic E-state index is 12.0. The Labute approximate surface area is 156 Å². The van der Waals surface area contributed by atoms with E-state index in [9.17, 15) is 15.2 Å². The molecule has 7 heteroatoms. The number of aliphatic hydroxyl groups excluding tert-OH is 1. The molecule has 6 nitrogen and oxygen atoms in total. The van der Waals surface area contributed by atoms with E-state index in [0.29, 0.717) is 11.1 Å². The highest BCUT2D eigenvalue weighted by atomic mass is 127. The van der Waals surface area contributed by atoms with Gasteiger partial charge in [-0.05, 0) is 59.0 Å². The van der Waals surface area contributed by atoms with Gasteiger partial charge in [-0.1, -0.05) is 12.1 Å². The van der Waals surface area contributed by atoms with Crippen LogP contribution in [0.15, 0.2) is 54.3 Å². The first kappa shape index (κ1) is 17.0. The molecule has 0 saturated carbocycles. The van der Waals surface area contributed by atoms with Gasteiger partial charge >= 0.3 is 5.97 Å². The van der Waals surface area contributed by atoms with E-state index < -0.39 is 12.6 Å². The lowest BCUT2D eigenvalue weighted by atomic mass is 10.2. The molecular formula is C18H12IN3O3. The number of hydrogen-bond donors (Lipinski definition) is 2. The highest BCUT2D eigenvalue weighted by Gasteiger charge is 2.15. The molecule has 0 amide bonds. The van der Waals surface area contributed by atoms with Crippen LogP contribution < -0.4 is 0 Å². The highest BCUT2D eigenvalue weighted by Crippen LogP contribution is 2.19. The highest BCUT2D eigenvalue weighted by molar-refractivity contribution is 14.1. The molecule has 3 aromatic rings. The van der Waals surface area contributed by atoms with Gasteiger partial charge in [-0.15, -0.1) is 0 Å². The second-order valence-electron chi connectivity index (χ2n) is 5.12. The number of benzene rings is 2. The zero-order valence-corrected chi connectivity index (χ0v) is 15.0. The number of aliphatic hydroxyl groups is 1. The summed E-state index contributed by atoms with van der Waals surface area (Å²) in [5, 5.41) is 19.5. The smallest absolute Gasteiger partial charge is 0.338 e. The van der Waals surface area contributed by atoms with Crippen molar-refractivity contribution >= 4 is 45.2 Å². The summed E-state index contributed by atoms with van der Waals surface area (Å²) in [6.45, 7) is -0.412. The summed E-state index contributed by atoms with van der Waals surface area (Å²) in [4.78, 5) is 19.2. The van der Waals surface area contributed by atoms with Crippen molar-refractivity contribution in [3.63, 3.8) is 0 Å². The van der Waals surface area contributed by atoms with E-state index in [1.165, 1.54) is 0 Å². The van der Waals surface area contributed by atoms with Gasteiger partial charge in [0.05, 0.1) is 16.6 Å². The van der Waals surface area contributed by atoms with E-state index >= 15 is 0 Å². The predicted octanol–water partition coefficient (Wildman–Crippen LogP) is 3.82. The third-order valence-electron chi connectivity index (χ3n) is 3.45. The van der Waals surface area contributed by atoms with Crippen LogP contribution in [0.4, 0.5) is 0 Å². The molecule has 0 aliphatic heterocycles. The summed E-state index contributed by atoms with van der Waals surface area (Å²) >= 11 is 2.13. The minimum atomic E-state index is -0.579. The zero-order valence-electron chi connectivity index (χ0n) is 12.9. The fourth-order valence-electron chi connectivity index (χ4n) is 2.20. The molecule has 0 atom stereocenters. The fourth-order valence-corrected chi connectivity index (χ4v) is 2.56. The lowest BCUT2D eigenvalue weighted by Gasteiger charge is -2.05. The Balaban J connectivity index is 1.78. The van der Waals surface area contributed by atoms with Crippen LogP contribution in [0.1, 0.15) is 16.2 Å². The average Bonchev–Trinajstić information content (AvgIpc) is 3.04. The Bertz CT molecular complexity index is 967. The number of aromatic nitrogens is 2. The SMILES string of the molecule is N#C/C(=C(/O)COC(=O)c1ccc(I)cc1)c1nc2ccccc2[nH]1. The van der Waals surface area contributed by atoms with Gasteiger partial charge in [0, 0.05) is 3.57 Å². The number of H-pyrrole nitrogens is 1. The van der Waals surface area contributed by atoms with Gasteiger partial charge in [0.25, 0.3) is 0 Å². The largest absolute Gasteiger partial charge is 0.507 e. The molecular weight excluding hydrogens is 433 g/mol. The molecule has 0 saturated heterocycles. The molecule has 0 radical (unpaired) electrons. The third kappa shape index (κ3) is 3.80. The molecule has 2 aromatic carbocycles. The minimum absolute atomic E-state index is 0.0633. The van der Waals surface area contributed by atoms with Gasteiger partial charge < -0.3 is 14.8 Å². The van der Waals surface area contributed by atoms with Crippen molar-refractivity contribution in [3.8, 4) is 6.07 Å². The summed E-state index contributed by atoms with van der Waals surface area (Å²) in [7, 11) is 0. The van der Waals surface area contributed by atoms with Gasteiger partial charge in [-0.25, -0.2) is 9.78 Å². The van der Waals surface area contributed by atoms with Crippen molar-refractivity contribution in [2.45, 2.75) is 0 Å². The van der Waals surface area contributed by atoms with Gasteiger partial charge in [0.1, 0.15) is 18.2 Å². The van der Waals surface area contributed by atoms with Crippen molar-refractivity contribution < 1.29 is 14.6 Å². The Morgan fingerprint density at radius 2 is 1.96 bits per heavy atom. The van der Waals surface area contributed by atoms with Crippen molar-refractivity contribution in [2.24, 2.45) is 0 Å². The molecule has 0 aliphatic rings. The predicted molar refractivity (Wildman–Crippen MR) is 101 cm³/mol. The topological polar surface area (TPSA) is 99.0 Å². The molecule has 25 heavy (non-hydrogen) atoms. The molecule has 1 heterocycles. The molecule has 0 fully saturated rings. The van der Waals surface area contributed by atoms with Crippen molar-refractivity contribution in [1.29, 1.82) is 5.26 Å². The summed E-state index contributed by atoms with van der Waals surface area (Å²) in [6, 6.07) is 16.0. The molecule has 0 bridgehead atoms. The summed E-state index contributed by atoms with van der Waals surface area (Å²) < 4.78 is 6.06. The van der Waals surface area contributed by atoms with E-state index in [1.807, 2.05) is 24.3 Å². The van der Waals surface area contributed by atoms with Crippen molar-refractivity contribution in [1.82, 2.24) is 9.97 Å². The third-order valence-corrected chi connectivity index (χ3v) is 4.17. The number of aromatic amines is 1. The molecule has 124 valence electrons. The second-order valence-corrected chi connectivity index (χ2v) is 6.36. The van der Waals surface area contributed by atoms with Crippen LogP contribution in [0, 0.1) is 14.9 Å². The minimum Gasteiger partial charge on any atom is -0.507 e. The van der Waals surface area contributed by atoms with Crippen LogP contribution in [0.5, 0.6) is 0 Å². The number of halogens is 1. The first-order valence-corrected chi connectivity index (χ1v) is 8.36. The first-order valence-electron chi connectivity index (χ1n) is 7.28. The number of nitrogens with zero attached hydrogens (tertiary/aromatic N) is 2. The maximum atomic E-state index is 12.0. The van der Waals surface area contributed by atoms with E-state index in [-0.39, 0.29) is 17.2 Å². The first-order chi connectivity index (χ1) is 12.1. The van der Waals surface area contributed by atoms with Gasteiger partial charge in [-0.3, -0.25) is 0 Å². The molecule has 1 aromatic heterocycles. The van der Waals surface area contributed by atoms with E-state index in [1.54, 1.807) is 30.3 Å². The monoisotopic (exact) mass is 445 g/mol. The summed E-state index contributed by atoms with van der Waals surface area (Å²) in [5.74, 6) is -0.711. The van der Waals surface area contributed by atoms with Crippen LogP contribution in [-0.4, -0.2) is 27.7 Å². The van der Waals surface area contributed by atoms with Gasteiger partial charge in [0.2, 0.25) is 0 Å². The van der Waals surface area contributed by atoms with Gasteiger partial charge in [0.15, 0.2) is 11.6 Å². The quantitative estimate of drug-likeness (QED) is 0.275. The Morgan fingerprint density at radius 3 is 2.64 bits per heavy atom. The number of carbonyl (C=O) groups excluding carboxylic acids is 1. The fraction of sp³-hybridized carbons (Fsp3) is 0.0556. The van der Waals surface area contributed by atoms with E-state index in [4.69, 9.17) is 4.74 Å². The molecule has 0 aliphatic carbocycles. The number of rotatable bonds is 4. The van der Waals surface area contributed by atoms with Crippen LogP contribution in [0.2, 0.25) is 0 Å². The van der Waals surface area contributed by atoms with Crippen LogP contribution in [-0.2, 0) is 4.74 Å². The number of ether oxygens (including phenoxy) is 1. The zero-order chi connectivity index (χ0) is 17.8. The normalized spacial score (nSPS) is 11.7. The second kappa shape index (κ2) is 7.36. The standard InChI is InChI=1S/C18H12IN3O3/c19-12-7-5-11(6-8-12)18(24)25-10-16(23)13(9-20)17-21-14-3-1-2-4-15(14)22-17/h1-8,23H,10H2,(H,21,22)/b16-13-. The Hall–Kier alpha value is -2.86. The number of hydrogen-bond acceptors (Lipinski definition) is 5. The molecule has 0 unspecified atom stereocenters. The maximum Gasteiger partial charge on any atom is 0.338 e. The number of nitrogens with one attached hydrogen (secondary N) is 1. The van der Waals surface area contributed by atoms with Crippen LogP contribution in [0.25, 0.3) is 16.6 Å². The average molecular weight is 445 g/mol. The summed E-state index contributed by atoms with van der Waals surface area (Å²) in [5.41, 5.74) is 1.73. The number of para-hydroxylation sites is 2. The lowest BCUT2D eigenvalue weighted by Crippen LogP contribution is -2.09. The van der Waals surface area contributed by atoms with Crippen molar-refractivity contribution in [2.75, 3.05) is 6.61 Å². The van der Waals surface area contributed by atoms with Crippen molar-refractivity contribution in [3.05, 3.63) is 69.2 Å². The summed E-state index contributed by atoms with van der Waals surface area (Å²) in [6.07, 6.45) is 0. The number of esters is 1. The van der Waals surface area contributed by atoms with E-state index in [2.05, 4.69) is 32.6 Å². The Kier molecular flexibility index (Phi) is 5.00. The number of fused-ring (bicyclic) bond motifs is 1.